The zero-order chi connectivity index (χ0) is 29.0. The van der Waals surface area contributed by atoms with Crippen molar-refractivity contribution in [1.82, 2.24) is 10.2 Å². The summed E-state index contributed by atoms with van der Waals surface area (Å²) in [5, 5.41) is 5.55. The van der Waals surface area contributed by atoms with Gasteiger partial charge in [-0.05, 0) is 76.1 Å². The lowest BCUT2D eigenvalue weighted by Gasteiger charge is -2.34. The average Bonchev–Trinajstić information content (AvgIpc) is 2.89. The summed E-state index contributed by atoms with van der Waals surface area (Å²) >= 11 is 0. The van der Waals surface area contributed by atoms with E-state index in [4.69, 9.17) is 15.9 Å². The molecule has 0 radical (unpaired) electrons. The summed E-state index contributed by atoms with van der Waals surface area (Å²) in [5.74, 6) is 2.45. The van der Waals surface area contributed by atoms with Gasteiger partial charge in [-0.1, -0.05) is 44.2 Å². The molecule has 0 fully saturated rings. The lowest BCUT2D eigenvalue weighted by Crippen LogP contribution is -2.51. The molecule has 0 aliphatic rings. The van der Waals surface area contributed by atoms with Crippen molar-refractivity contribution in [3.8, 4) is 18.1 Å². The molecule has 0 aromatic heterocycles. The van der Waals surface area contributed by atoms with E-state index in [1.807, 2.05) is 0 Å². The Morgan fingerprint density at radius 2 is 1.64 bits per heavy atom. The molecule has 2 atom stereocenters. The second kappa shape index (κ2) is 14.8. The molecule has 0 bridgehead atoms. The van der Waals surface area contributed by atoms with Gasteiger partial charge in [0.15, 0.2) is 0 Å². The fraction of sp³-hybridized carbons (Fsp3) is 0.452. The number of nitrogens with zero attached hydrogens (tertiary/aromatic N) is 1. The van der Waals surface area contributed by atoms with Gasteiger partial charge in [0.1, 0.15) is 23.4 Å². The Hall–Kier alpha value is -3.99. The van der Waals surface area contributed by atoms with Gasteiger partial charge in [-0.3, -0.25) is 9.59 Å². The highest BCUT2D eigenvalue weighted by Crippen LogP contribution is 2.26. The highest BCUT2D eigenvalue weighted by molar-refractivity contribution is 5.99. The van der Waals surface area contributed by atoms with Crippen molar-refractivity contribution in [3.63, 3.8) is 0 Å². The van der Waals surface area contributed by atoms with E-state index < -0.39 is 29.7 Å². The number of unbranched alkanes of at least 4 members (excludes halogenated alkanes) is 3. The zero-order valence-corrected chi connectivity index (χ0v) is 23.9. The Kier molecular flexibility index (Phi) is 11.9. The molecule has 0 aliphatic heterocycles. The van der Waals surface area contributed by atoms with Crippen LogP contribution in [0.5, 0.6) is 5.75 Å². The second-order valence-electron chi connectivity index (χ2n) is 10.3. The van der Waals surface area contributed by atoms with E-state index in [9.17, 15) is 14.4 Å². The lowest BCUT2D eigenvalue weighted by molar-refractivity contribution is -0.140. The van der Waals surface area contributed by atoms with Gasteiger partial charge < -0.3 is 25.0 Å². The first-order chi connectivity index (χ1) is 18.5. The number of benzene rings is 2. The molecule has 3 amide bonds. The Bertz CT molecular complexity index is 1130. The van der Waals surface area contributed by atoms with Crippen LogP contribution in [0.3, 0.4) is 0 Å². The number of alkyl carbamates (subject to hydrolysis) is 1. The third-order valence-electron chi connectivity index (χ3n) is 5.95. The Balaban J connectivity index is 2.43. The van der Waals surface area contributed by atoms with Gasteiger partial charge in [0.2, 0.25) is 5.91 Å². The molecule has 0 spiro atoms. The highest BCUT2D eigenvalue weighted by atomic mass is 16.6. The molecule has 8 heteroatoms. The van der Waals surface area contributed by atoms with Crippen LogP contribution in [-0.4, -0.2) is 48.1 Å². The summed E-state index contributed by atoms with van der Waals surface area (Å²) in [4.78, 5) is 41.6. The van der Waals surface area contributed by atoms with Crippen molar-refractivity contribution in [2.75, 3.05) is 19.0 Å². The molecule has 2 aromatic carbocycles. The topological polar surface area (TPSA) is 97.0 Å². The first-order valence-electron chi connectivity index (χ1n) is 13.3. The quantitative estimate of drug-likeness (QED) is 0.269. The van der Waals surface area contributed by atoms with Crippen molar-refractivity contribution >= 4 is 23.6 Å². The molecule has 39 heavy (non-hydrogen) atoms. The summed E-state index contributed by atoms with van der Waals surface area (Å²) in [5.41, 5.74) is 1.11. The molecule has 2 rings (SSSR count). The molecule has 0 saturated heterocycles. The maximum Gasteiger partial charge on any atom is 0.408 e. The number of amides is 3. The SMILES string of the molecule is C#Cc1ccc(C(C(=O)Nc2ccc(OC)cc2)N(CCCCCC)C(=O)C(C)NC(=O)OC(C)(C)C)cc1. The van der Waals surface area contributed by atoms with Crippen molar-refractivity contribution in [2.45, 2.75) is 78.0 Å². The molecular formula is C31H41N3O5. The van der Waals surface area contributed by atoms with Crippen molar-refractivity contribution in [2.24, 2.45) is 0 Å². The maximum atomic E-state index is 13.8. The van der Waals surface area contributed by atoms with Gasteiger partial charge in [0.25, 0.3) is 5.91 Å². The number of rotatable bonds is 12. The summed E-state index contributed by atoms with van der Waals surface area (Å²) in [6, 6.07) is 12.1. The number of carbonyl (C=O) groups excluding carboxylic acids is 3. The van der Waals surface area contributed by atoms with E-state index in [2.05, 4.69) is 23.5 Å². The smallest absolute Gasteiger partial charge is 0.408 e. The minimum atomic E-state index is -0.962. The van der Waals surface area contributed by atoms with Gasteiger partial charge in [-0.25, -0.2) is 4.79 Å². The normalized spacial score (nSPS) is 12.4. The lowest BCUT2D eigenvalue weighted by atomic mass is 10.0. The van der Waals surface area contributed by atoms with Gasteiger partial charge in [-0.15, -0.1) is 6.42 Å². The van der Waals surface area contributed by atoms with Crippen LogP contribution in [0, 0.1) is 12.3 Å². The van der Waals surface area contributed by atoms with Gasteiger partial charge in [0, 0.05) is 17.8 Å². The zero-order valence-electron chi connectivity index (χ0n) is 23.9. The number of terminal acetylenes is 1. The van der Waals surface area contributed by atoms with E-state index in [1.165, 1.54) is 4.90 Å². The van der Waals surface area contributed by atoms with E-state index in [0.717, 1.165) is 19.3 Å². The Morgan fingerprint density at radius 3 is 2.18 bits per heavy atom. The molecule has 0 heterocycles. The van der Waals surface area contributed by atoms with Crippen LogP contribution >= 0.6 is 0 Å². The van der Waals surface area contributed by atoms with E-state index in [-0.39, 0.29) is 5.91 Å². The number of hydrogen-bond acceptors (Lipinski definition) is 5. The largest absolute Gasteiger partial charge is 0.497 e. The summed E-state index contributed by atoms with van der Waals surface area (Å²) in [6.07, 6.45) is 8.47. The predicted octanol–water partition coefficient (Wildman–Crippen LogP) is 5.68. The first-order valence-corrected chi connectivity index (χ1v) is 13.3. The van der Waals surface area contributed by atoms with Crippen LogP contribution in [0.4, 0.5) is 10.5 Å². The second-order valence-corrected chi connectivity index (χ2v) is 10.3. The van der Waals surface area contributed by atoms with E-state index in [0.29, 0.717) is 35.5 Å². The monoisotopic (exact) mass is 535 g/mol. The molecule has 8 nitrogen and oxygen atoms in total. The van der Waals surface area contributed by atoms with Gasteiger partial charge in [-0.2, -0.15) is 0 Å². The third-order valence-corrected chi connectivity index (χ3v) is 5.95. The van der Waals surface area contributed by atoms with Crippen LogP contribution in [-0.2, 0) is 14.3 Å². The van der Waals surface area contributed by atoms with Crippen molar-refractivity contribution in [1.29, 1.82) is 0 Å². The number of carbonyl (C=O) groups is 3. The van der Waals surface area contributed by atoms with Gasteiger partial charge >= 0.3 is 6.09 Å². The fourth-order valence-corrected chi connectivity index (χ4v) is 3.99. The minimum Gasteiger partial charge on any atom is -0.497 e. The molecular weight excluding hydrogens is 494 g/mol. The van der Waals surface area contributed by atoms with Crippen molar-refractivity contribution < 1.29 is 23.9 Å². The van der Waals surface area contributed by atoms with Crippen LogP contribution in [0.1, 0.15) is 77.5 Å². The van der Waals surface area contributed by atoms with Gasteiger partial charge in [0.05, 0.1) is 7.11 Å². The molecule has 210 valence electrons. The first kappa shape index (κ1) is 31.2. The molecule has 2 N–H and O–H groups in total. The molecule has 2 aromatic rings. The van der Waals surface area contributed by atoms with Crippen LogP contribution in [0.15, 0.2) is 48.5 Å². The molecule has 0 saturated carbocycles. The molecule has 0 aliphatic carbocycles. The fourth-order valence-electron chi connectivity index (χ4n) is 3.99. The number of ether oxygens (including phenoxy) is 2. The maximum absolute atomic E-state index is 13.8. The minimum absolute atomic E-state index is 0.330. The standard InChI is InChI=1S/C31H41N3O5/c1-8-10-11-12-21-34(29(36)22(3)32-30(37)39-31(4,5)6)27(24-15-13-23(9-2)14-16-24)28(35)33-25-17-19-26(38-7)20-18-25/h2,13-20,22,27H,8,10-12,21H2,1,3-7H3,(H,32,37)(H,33,35). The van der Waals surface area contributed by atoms with Crippen LogP contribution in [0.2, 0.25) is 0 Å². The Labute approximate surface area is 232 Å². The summed E-state index contributed by atoms with van der Waals surface area (Å²) in [6.45, 7) is 9.27. The number of hydrogen-bond donors (Lipinski definition) is 2. The van der Waals surface area contributed by atoms with Crippen molar-refractivity contribution in [3.05, 3.63) is 59.7 Å². The third kappa shape index (κ3) is 10.0. The molecule has 2 unspecified atom stereocenters. The van der Waals surface area contributed by atoms with Crippen LogP contribution < -0.4 is 15.4 Å². The number of methoxy groups -OCH3 is 1. The summed E-state index contributed by atoms with van der Waals surface area (Å²) < 4.78 is 10.5. The Morgan fingerprint density at radius 1 is 1.00 bits per heavy atom. The van der Waals surface area contributed by atoms with E-state index >= 15 is 0 Å². The highest BCUT2D eigenvalue weighted by Gasteiger charge is 2.34. The van der Waals surface area contributed by atoms with E-state index in [1.54, 1.807) is 83.3 Å². The predicted molar refractivity (Wildman–Crippen MR) is 153 cm³/mol. The average molecular weight is 536 g/mol. The van der Waals surface area contributed by atoms with Crippen LogP contribution in [0.25, 0.3) is 0 Å². The number of nitrogens with one attached hydrogen (secondary N) is 2. The number of anilines is 1. The summed E-state index contributed by atoms with van der Waals surface area (Å²) in [7, 11) is 1.57.